The van der Waals surface area contributed by atoms with Gasteiger partial charge in [0.2, 0.25) is 0 Å². The smallest absolute Gasteiger partial charge is 0.251 e. The number of carbonyl (C=O) groups excluding carboxylic acids is 1. The van der Waals surface area contributed by atoms with Crippen molar-refractivity contribution in [2.24, 2.45) is 0 Å². The van der Waals surface area contributed by atoms with E-state index in [2.05, 4.69) is 54.5 Å². The second-order valence-corrected chi connectivity index (χ2v) is 9.39. The van der Waals surface area contributed by atoms with E-state index < -0.39 is 0 Å². The fraction of sp³-hybridized carbons (Fsp3) is 0.310. The molecule has 10 heteroatoms. The summed E-state index contributed by atoms with van der Waals surface area (Å²) in [6, 6.07) is 13.7. The number of anilines is 2. The molecule has 1 amide bonds. The molecule has 0 aliphatic carbocycles. The highest BCUT2D eigenvalue weighted by molar-refractivity contribution is 6.06. The Hall–Kier alpha value is -4.62. The molecule has 1 fully saturated rings. The largest absolute Gasteiger partial charge is 0.378 e. The molecule has 39 heavy (non-hydrogen) atoms. The van der Waals surface area contributed by atoms with Crippen molar-refractivity contribution in [3.05, 3.63) is 71.8 Å². The molecule has 0 saturated carbocycles. The lowest BCUT2D eigenvalue weighted by Crippen LogP contribution is -2.37. The van der Waals surface area contributed by atoms with Crippen LogP contribution in [-0.4, -0.2) is 65.7 Å². The Morgan fingerprint density at radius 3 is 2.79 bits per heavy atom. The quantitative estimate of drug-likeness (QED) is 0.355. The first-order chi connectivity index (χ1) is 19.1. The first-order valence-electron chi connectivity index (χ1n) is 13.0. The highest BCUT2D eigenvalue weighted by Crippen LogP contribution is 2.29. The van der Waals surface area contributed by atoms with Crippen LogP contribution in [0.15, 0.2) is 55.1 Å². The first-order valence-corrected chi connectivity index (χ1v) is 13.0. The zero-order chi connectivity index (χ0) is 27.2. The van der Waals surface area contributed by atoms with Crippen molar-refractivity contribution >= 4 is 28.4 Å². The zero-order valence-electron chi connectivity index (χ0n) is 22.0. The fourth-order valence-electron chi connectivity index (χ4n) is 4.82. The molecule has 1 atom stereocenters. The first kappa shape index (κ1) is 26.0. The number of benzene rings is 1. The van der Waals surface area contributed by atoms with Gasteiger partial charge in [-0.05, 0) is 30.0 Å². The number of amides is 1. The van der Waals surface area contributed by atoms with Gasteiger partial charge in [0, 0.05) is 56.1 Å². The van der Waals surface area contributed by atoms with Crippen LogP contribution in [0.3, 0.4) is 0 Å². The molecule has 0 bridgehead atoms. The Morgan fingerprint density at radius 2 is 2.00 bits per heavy atom. The van der Waals surface area contributed by atoms with Gasteiger partial charge in [-0.25, -0.2) is 15.0 Å². The average Bonchev–Trinajstić information content (AvgIpc) is 3.00. The number of rotatable bonds is 8. The van der Waals surface area contributed by atoms with E-state index in [0.29, 0.717) is 61.3 Å². The number of aromatic nitrogens is 4. The maximum atomic E-state index is 12.3. The van der Waals surface area contributed by atoms with Crippen molar-refractivity contribution < 1.29 is 9.53 Å². The van der Waals surface area contributed by atoms with E-state index >= 15 is 0 Å². The molecule has 4 aromatic rings. The van der Waals surface area contributed by atoms with Crippen molar-refractivity contribution in [1.29, 1.82) is 5.26 Å². The van der Waals surface area contributed by atoms with Crippen LogP contribution in [0.5, 0.6) is 0 Å². The van der Waals surface area contributed by atoms with Crippen LogP contribution in [0, 0.1) is 11.3 Å². The summed E-state index contributed by atoms with van der Waals surface area (Å²) in [6.45, 7) is 5.52. The van der Waals surface area contributed by atoms with E-state index in [4.69, 9.17) is 4.74 Å². The number of morpholine rings is 1. The molecule has 10 nitrogen and oxygen atoms in total. The molecule has 0 radical (unpaired) electrons. The standard InChI is InChI=1S/C29H30N8O2/c1-19(22-4-3-5-23-24(29(38)31-2)7-9-33-27(22)23)6-8-32-26-15-25(35-18-36-26)21-14-20(16-30)28(34-17-21)37-10-12-39-13-11-37/h3-5,7,9,14-15,17-19H,6,8,10-13H2,1-2H3,(H,31,38)(H,32,35,36). The van der Waals surface area contributed by atoms with Gasteiger partial charge in [0.15, 0.2) is 0 Å². The number of hydrogen-bond acceptors (Lipinski definition) is 9. The Morgan fingerprint density at radius 1 is 1.15 bits per heavy atom. The van der Waals surface area contributed by atoms with Crippen LogP contribution in [0.25, 0.3) is 22.2 Å². The lowest BCUT2D eigenvalue weighted by molar-refractivity contribution is 0.0964. The normalized spacial score (nSPS) is 14.0. The molecule has 198 valence electrons. The minimum absolute atomic E-state index is 0.124. The summed E-state index contributed by atoms with van der Waals surface area (Å²) in [7, 11) is 1.63. The second-order valence-electron chi connectivity index (χ2n) is 9.39. The van der Waals surface area contributed by atoms with Crippen LogP contribution >= 0.6 is 0 Å². The zero-order valence-corrected chi connectivity index (χ0v) is 22.0. The van der Waals surface area contributed by atoms with Crippen molar-refractivity contribution in [3.63, 3.8) is 0 Å². The topological polar surface area (TPSA) is 129 Å². The number of nitrogens with zero attached hydrogens (tertiary/aromatic N) is 6. The van der Waals surface area contributed by atoms with Gasteiger partial charge >= 0.3 is 0 Å². The fourth-order valence-corrected chi connectivity index (χ4v) is 4.82. The lowest BCUT2D eigenvalue weighted by Gasteiger charge is -2.28. The van der Waals surface area contributed by atoms with Crippen LogP contribution < -0.4 is 15.5 Å². The van der Waals surface area contributed by atoms with Crippen LogP contribution in [-0.2, 0) is 4.74 Å². The van der Waals surface area contributed by atoms with Crippen molar-refractivity contribution in [1.82, 2.24) is 25.3 Å². The number of hydrogen-bond donors (Lipinski definition) is 2. The van der Waals surface area contributed by atoms with Crippen LogP contribution in [0.1, 0.15) is 40.7 Å². The monoisotopic (exact) mass is 522 g/mol. The lowest BCUT2D eigenvalue weighted by atomic mass is 9.94. The van der Waals surface area contributed by atoms with Crippen LogP contribution in [0.2, 0.25) is 0 Å². The predicted octanol–water partition coefficient (Wildman–Crippen LogP) is 3.76. The van der Waals surface area contributed by atoms with Gasteiger partial charge in [-0.15, -0.1) is 0 Å². The molecule has 4 heterocycles. The Kier molecular flexibility index (Phi) is 7.89. The molecule has 1 saturated heterocycles. The van der Waals surface area contributed by atoms with Gasteiger partial charge < -0.3 is 20.3 Å². The summed E-state index contributed by atoms with van der Waals surface area (Å²) in [5, 5.41) is 16.7. The number of para-hydroxylation sites is 1. The molecule has 2 N–H and O–H groups in total. The number of ether oxygens (including phenoxy) is 1. The van der Waals surface area contributed by atoms with Gasteiger partial charge in [0.05, 0.1) is 35.6 Å². The minimum atomic E-state index is -0.124. The van der Waals surface area contributed by atoms with E-state index in [1.165, 1.54) is 6.33 Å². The molecule has 3 aromatic heterocycles. The molecular weight excluding hydrogens is 492 g/mol. The van der Waals surface area contributed by atoms with Crippen LogP contribution in [0.4, 0.5) is 11.6 Å². The van der Waals surface area contributed by atoms with Crippen molar-refractivity contribution in [2.45, 2.75) is 19.3 Å². The number of nitriles is 1. The summed E-state index contributed by atoms with van der Waals surface area (Å²) in [6.07, 6.45) is 5.78. The number of nitrogens with one attached hydrogen (secondary N) is 2. The van der Waals surface area contributed by atoms with E-state index in [-0.39, 0.29) is 11.8 Å². The Balaban J connectivity index is 1.27. The highest BCUT2D eigenvalue weighted by atomic mass is 16.5. The van der Waals surface area contributed by atoms with E-state index in [1.54, 1.807) is 25.5 Å². The molecular formula is C29H30N8O2. The van der Waals surface area contributed by atoms with Gasteiger partial charge in [0.1, 0.15) is 24.0 Å². The average molecular weight is 523 g/mol. The summed E-state index contributed by atoms with van der Waals surface area (Å²) in [4.78, 5) is 32.3. The van der Waals surface area contributed by atoms with E-state index in [9.17, 15) is 10.1 Å². The maximum Gasteiger partial charge on any atom is 0.251 e. The summed E-state index contributed by atoms with van der Waals surface area (Å²) in [5.41, 5.74) is 4.53. The molecule has 0 spiro atoms. The minimum Gasteiger partial charge on any atom is -0.378 e. The van der Waals surface area contributed by atoms with Crippen molar-refractivity contribution in [3.8, 4) is 17.3 Å². The SMILES string of the molecule is CNC(=O)c1ccnc2c(C(C)CCNc3cc(-c4cnc(N5CCOCC5)c(C#N)c4)ncn3)cccc12. The van der Waals surface area contributed by atoms with Gasteiger partial charge in [-0.1, -0.05) is 25.1 Å². The molecule has 1 aliphatic heterocycles. The number of pyridine rings is 2. The molecule has 1 aliphatic rings. The molecule has 1 unspecified atom stereocenters. The Labute approximate surface area is 227 Å². The van der Waals surface area contributed by atoms with Crippen molar-refractivity contribution in [2.75, 3.05) is 50.1 Å². The third-order valence-electron chi connectivity index (χ3n) is 6.95. The molecule has 5 rings (SSSR count). The second kappa shape index (κ2) is 11.8. The Bertz CT molecular complexity index is 1530. The van der Waals surface area contributed by atoms with Gasteiger partial charge in [-0.3, -0.25) is 9.78 Å². The van der Waals surface area contributed by atoms with Gasteiger partial charge in [-0.2, -0.15) is 5.26 Å². The van der Waals surface area contributed by atoms with E-state index in [1.807, 2.05) is 24.3 Å². The third kappa shape index (κ3) is 5.63. The maximum absolute atomic E-state index is 12.3. The van der Waals surface area contributed by atoms with E-state index in [0.717, 1.165) is 28.5 Å². The number of fused-ring (bicyclic) bond motifs is 1. The number of carbonyl (C=O) groups is 1. The third-order valence-corrected chi connectivity index (χ3v) is 6.95. The predicted molar refractivity (Wildman–Crippen MR) is 150 cm³/mol. The summed E-state index contributed by atoms with van der Waals surface area (Å²) in [5.74, 6) is 1.45. The van der Waals surface area contributed by atoms with Gasteiger partial charge in [0.25, 0.3) is 5.91 Å². The summed E-state index contributed by atoms with van der Waals surface area (Å²) < 4.78 is 5.42. The molecule has 1 aromatic carbocycles. The highest BCUT2D eigenvalue weighted by Gasteiger charge is 2.18. The summed E-state index contributed by atoms with van der Waals surface area (Å²) >= 11 is 0.